The zero-order valence-corrected chi connectivity index (χ0v) is 24.1. The molecule has 0 aromatic heterocycles. The van der Waals surface area contributed by atoms with Gasteiger partial charge in [0.1, 0.15) is 10.1 Å². The largest absolute Gasteiger partial charge is 1.00 e. The van der Waals surface area contributed by atoms with Gasteiger partial charge in [-0.15, -0.1) is 0 Å². The van der Waals surface area contributed by atoms with Gasteiger partial charge in [0.15, 0.2) is 0 Å². The Bertz CT molecular complexity index is 909. The predicted octanol–water partition coefficient (Wildman–Crippen LogP) is 5.33. The molecule has 2 aromatic rings. The van der Waals surface area contributed by atoms with Gasteiger partial charge in [0.25, 0.3) is 0 Å². The van der Waals surface area contributed by atoms with Crippen LogP contribution in [0.2, 0.25) is 0 Å². The van der Waals surface area contributed by atoms with E-state index in [0.29, 0.717) is 5.39 Å². The first-order chi connectivity index (χ1) is 15.5. The molecule has 0 aliphatic rings. The van der Waals surface area contributed by atoms with Crippen LogP contribution in [0.4, 0.5) is 0 Å². The van der Waals surface area contributed by atoms with E-state index in [0.717, 1.165) is 24.6 Å². The average molecular weight is 483 g/mol. The summed E-state index contributed by atoms with van der Waals surface area (Å²) in [4.78, 5) is -0.0849. The second-order valence-electron chi connectivity index (χ2n) is 9.25. The Balaban J connectivity index is 0.00000544. The molecule has 0 atom stereocenters. The molecule has 2 rings (SSSR count). The molecule has 0 N–H and O–H groups in total. The third kappa shape index (κ3) is 10.8. The van der Waals surface area contributed by atoms with E-state index in [9.17, 15) is 13.0 Å². The van der Waals surface area contributed by atoms with Gasteiger partial charge in [0.2, 0.25) is 0 Å². The molecule has 0 radical (unpaired) electrons. The second kappa shape index (κ2) is 17.1. The summed E-state index contributed by atoms with van der Waals surface area (Å²) >= 11 is 0. The number of fused-ring (bicyclic) bond motifs is 1. The maximum Gasteiger partial charge on any atom is 1.00 e. The van der Waals surface area contributed by atoms with Crippen molar-refractivity contribution >= 4 is 20.9 Å². The van der Waals surface area contributed by atoms with E-state index in [-0.39, 0.29) is 34.5 Å². The van der Waals surface area contributed by atoms with E-state index in [1.165, 1.54) is 101 Å². The fourth-order valence-electron chi connectivity index (χ4n) is 4.72. The summed E-state index contributed by atoms with van der Waals surface area (Å²) in [5.41, 5.74) is 2.59. The van der Waals surface area contributed by atoms with Gasteiger partial charge in [0.05, 0.1) is 4.90 Å². The molecule has 0 heterocycles. The first kappa shape index (κ1) is 30.6. The normalized spacial score (nSPS) is 11.6. The van der Waals surface area contributed by atoms with E-state index in [1.807, 2.05) is 12.1 Å². The molecular formula is C28H43NaO3S. The minimum atomic E-state index is -4.48. The molecule has 0 saturated carbocycles. The monoisotopic (exact) mass is 482 g/mol. The Kier molecular flexibility index (Phi) is 15.9. The van der Waals surface area contributed by atoms with Crippen LogP contribution in [0.25, 0.3) is 10.8 Å². The fraction of sp³-hybridized carbons (Fsp3) is 0.643. The van der Waals surface area contributed by atoms with E-state index in [1.54, 1.807) is 6.07 Å². The van der Waals surface area contributed by atoms with Crippen LogP contribution in [0.3, 0.4) is 0 Å². The molecule has 180 valence electrons. The maximum atomic E-state index is 11.8. The molecule has 0 fully saturated rings. The smallest absolute Gasteiger partial charge is 0.744 e. The Morgan fingerprint density at radius 1 is 0.636 bits per heavy atom. The van der Waals surface area contributed by atoms with Crippen molar-refractivity contribution in [2.75, 3.05) is 0 Å². The summed E-state index contributed by atoms with van der Waals surface area (Å²) < 4.78 is 35.4. The number of benzene rings is 2. The number of aryl methyl sites for hydroxylation is 2. The summed E-state index contributed by atoms with van der Waals surface area (Å²) in [6, 6.07) is 9.08. The van der Waals surface area contributed by atoms with Crippen LogP contribution in [0.1, 0.15) is 115 Å². The third-order valence-electron chi connectivity index (χ3n) is 6.58. The van der Waals surface area contributed by atoms with E-state index in [4.69, 9.17) is 0 Å². The average Bonchev–Trinajstić information content (AvgIpc) is 2.77. The minimum Gasteiger partial charge on any atom is -0.744 e. The van der Waals surface area contributed by atoms with Gasteiger partial charge in [-0.1, -0.05) is 115 Å². The molecule has 2 aromatic carbocycles. The third-order valence-corrected chi connectivity index (χ3v) is 7.47. The summed E-state index contributed by atoms with van der Waals surface area (Å²) in [5.74, 6) is 0. The van der Waals surface area contributed by atoms with Crippen LogP contribution >= 0.6 is 0 Å². The van der Waals surface area contributed by atoms with Crippen molar-refractivity contribution in [1.29, 1.82) is 0 Å². The van der Waals surface area contributed by atoms with Crippen LogP contribution < -0.4 is 29.6 Å². The number of unbranched alkanes of at least 4 members (excludes halogenated alkanes) is 12. The Hall–Kier alpha value is -0.390. The molecule has 0 unspecified atom stereocenters. The molecule has 0 aliphatic heterocycles. The zero-order valence-electron chi connectivity index (χ0n) is 21.3. The zero-order chi connectivity index (χ0) is 23.2. The van der Waals surface area contributed by atoms with Crippen molar-refractivity contribution in [2.45, 2.75) is 121 Å². The first-order valence-corrected chi connectivity index (χ1v) is 14.4. The molecular weight excluding hydrogens is 439 g/mol. The number of hydrogen-bond acceptors (Lipinski definition) is 3. The van der Waals surface area contributed by atoms with Gasteiger partial charge in [-0.05, 0) is 53.6 Å². The Labute approximate surface area is 225 Å². The molecule has 0 amide bonds. The molecule has 5 heteroatoms. The molecule has 0 saturated heterocycles. The first-order valence-electron chi connectivity index (χ1n) is 13.0. The number of hydrogen-bond donors (Lipinski definition) is 0. The van der Waals surface area contributed by atoms with E-state index in [2.05, 4.69) is 19.9 Å². The van der Waals surface area contributed by atoms with Crippen LogP contribution in [0, 0.1) is 0 Å². The molecule has 3 nitrogen and oxygen atoms in total. The van der Waals surface area contributed by atoms with Gasteiger partial charge in [-0.25, -0.2) is 8.42 Å². The van der Waals surface area contributed by atoms with Crippen molar-refractivity contribution in [3.05, 3.63) is 41.5 Å². The predicted molar refractivity (Wildman–Crippen MR) is 135 cm³/mol. The fourth-order valence-corrected chi connectivity index (χ4v) is 5.41. The van der Waals surface area contributed by atoms with Gasteiger partial charge >= 0.3 is 29.6 Å². The summed E-state index contributed by atoms with van der Waals surface area (Å²) in [7, 11) is -4.48. The van der Waals surface area contributed by atoms with Gasteiger partial charge in [-0.3, -0.25) is 0 Å². The second-order valence-corrected chi connectivity index (χ2v) is 10.6. The quantitative estimate of drug-likeness (QED) is 0.174. The van der Waals surface area contributed by atoms with Crippen LogP contribution in [0.5, 0.6) is 0 Å². The van der Waals surface area contributed by atoms with Crippen molar-refractivity contribution in [3.8, 4) is 0 Å². The summed E-state index contributed by atoms with van der Waals surface area (Å²) in [6.45, 7) is 4.49. The maximum absolute atomic E-state index is 11.8. The van der Waals surface area contributed by atoms with Crippen LogP contribution in [-0.2, 0) is 23.0 Å². The Morgan fingerprint density at radius 3 is 1.70 bits per heavy atom. The van der Waals surface area contributed by atoms with Crippen molar-refractivity contribution in [1.82, 2.24) is 0 Å². The van der Waals surface area contributed by atoms with Crippen molar-refractivity contribution in [3.63, 3.8) is 0 Å². The SMILES string of the molecule is CCCCCCCCCc1ccc2c(S(=O)(=O)[O-])cccc2c1CCCCCCCCC.[Na+]. The summed E-state index contributed by atoms with van der Waals surface area (Å²) in [5, 5.41) is 1.54. The van der Waals surface area contributed by atoms with Crippen molar-refractivity contribution in [2.24, 2.45) is 0 Å². The number of rotatable bonds is 17. The van der Waals surface area contributed by atoms with Gasteiger partial charge < -0.3 is 4.55 Å². The molecule has 0 bridgehead atoms. The Morgan fingerprint density at radius 2 is 1.15 bits per heavy atom. The van der Waals surface area contributed by atoms with Crippen LogP contribution in [0.15, 0.2) is 35.2 Å². The molecule has 0 spiro atoms. The topological polar surface area (TPSA) is 57.2 Å². The van der Waals surface area contributed by atoms with Crippen LogP contribution in [-0.4, -0.2) is 13.0 Å². The minimum absolute atomic E-state index is 0. The van der Waals surface area contributed by atoms with E-state index >= 15 is 0 Å². The standard InChI is InChI=1S/C28H44O3S.Na/c1-3-5-7-9-11-13-15-18-24-22-23-27-26(20-17-21-28(27)32(29,30)31)25(24)19-16-14-12-10-8-6-4-2;/h17,20-23H,3-16,18-19H2,1-2H3,(H,29,30,31);/q;+1/p-1. The van der Waals surface area contributed by atoms with Gasteiger partial charge in [0, 0.05) is 0 Å². The van der Waals surface area contributed by atoms with Crippen molar-refractivity contribution < 1.29 is 42.5 Å². The molecule has 33 heavy (non-hydrogen) atoms. The van der Waals surface area contributed by atoms with Gasteiger partial charge in [-0.2, -0.15) is 0 Å². The van der Waals surface area contributed by atoms with E-state index < -0.39 is 10.1 Å². The molecule has 0 aliphatic carbocycles. The summed E-state index contributed by atoms with van der Waals surface area (Å²) in [6.07, 6.45) is 19.7.